The minimum atomic E-state index is -1.11. The Morgan fingerprint density at radius 3 is 2.72 bits per heavy atom. The molecule has 0 unspecified atom stereocenters. The third-order valence-corrected chi connectivity index (χ3v) is 5.51. The molecule has 6 nitrogen and oxygen atoms in total. The van der Waals surface area contributed by atoms with E-state index in [0.717, 1.165) is 43.5 Å². The van der Waals surface area contributed by atoms with Gasteiger partial charge in [-0.15, -0.1) is 0 Å². The molecule has 2 rings (SSSR count). The maximum Gasteiger partial charge on any atom is 0.202 e. The Balaban J connectivity index is 2.28. The fourth-order valence-electron chi connectivity index (χ4n) is 3.55. The first-order valence-corrected chi connectivity index (χ1v) is 10.7. The number of hydrogen-bond donors (Lipinski definition) is 3. The molecule has 1 aliphatic heterocycles. The molecule has 0 bridgehead atoms. The van der Waals surface area contributed by atoms with Crippen LogP contribution in [0.2, 0.25) is 0 Å². The van der Waals surface area contributed by atoms with Crippen molar-refractivity contribution >= 4 is 5.57 Å². The highest BCUT2D eigenvalue weighted by Crippen LogP contribution is 2.34. The van der Waals surface area contributed by atoms with Crippen molar-refractivity contribution in [3.05, 3.63) is 35.4 Å². The van der Waals surface area contributed by atoms with E-state index in [1.54, 1.807) is 0 Å². The number of nitrogens with zero attached hydrogens (tertiary/aromatic N) is 1. The molecule has 1 saturated heterocycles. The summed E-state index contributed by atoms with van der Waals surface area (Å²) in [5.74, 6) is 0.705. The van der Waals surface area contributed by atoms with E-state index in [2.05, 4.69) is 44.9 Å². The third kappa shape index (κ3) is 6.52. The van der Waals surface area contributed by atoms with Crippen molar-refractivity contribution in [2.45, 2.75) is 71.1 Å². The minimum Gasteiger partial charge on any atom is -0.464 e. The van der Waals surface area contributed by atoms with E-state index < -0.39 is 24.6 Å². The second-order valence-electron chi connectivity index (χ2n) is 7.81. The molecule has 1 aromatic carbocycles. The van der Waals surface area contributed by atoms with Gasteiger partial charge in [-0.05, 0) is 50.6 Å². The van der Waals surface area contributed by atoms with E-state index in [-0.39, 0.29) is 13.0 Å². The second kappa shape index (κ2) is 11.7. The van der Waals surface area contributed by atoms with Gasteiger partial charge in [0.1, 0.15) is 18.0 Å². The quantitative estimate of drug-likeness (QED) is 0.553. The van der Waals surface area contributed by atoms with E-state index >= 15 is 0 Å². The summed E-state index contributed by atoms with van der Waals surface area (Å²) in [7, 11) is 2.12. The first-order valence-electron chi connectivity index (χ1n) is 10.7. The van der Waals surface area contributed by atoms with Gasteiger partial charge in [0.2, 0.25) is 6.29 Å². The SMILES string of the molecule is CCC/C=C(/CCN(C)CC)c1c(C)cccc1O[C@H]1C[C@@H](O)[C@H](O)[C@@H](CO)O1. The van der Waals surface area contributed by atoms with Crippen LogP contribution in [0.5, 0.6) is 5.75 Å². The number of allylic oxidation sites excluding steroid dienone is 1. The first-order chi connectivity index (χ1) is 13.9. The van der Waals surface area contributed by atoms with Crippen LogP contribution in [0, 0.1) is 6.92 Å². The van der Waals surface area contributed by atoms with E-state index in [1.807, 2.05) is 12.1 Å². The fraction of sp³-hybridized carbons (Fsp3) is 0.652. The maximum atomic E-state index is 10.1. The summed E-state index contributed by atoms with van der Waals surface area (Å²) in [5.41, 5.74) is 3.43. The van der Waals surface area contributed by atoms with Gasteiger partial charge in [-0.1, -0.05) is 38.5 Å². The molecule has 3 N–H and O–H groups in total. The van der Waals surface area contributed by atoms with Crippen LogP contribution in [0.15, 0.2) is 24.3 Å². The van der Waals surface area contributed by atoms with Gasteiger partial charge in [0.25, 0.3) is 0 Å². The highest BCUT2D eigenvalue weighted by molar-refractivity contribution is 5.73. The van der Waals surface area contributed by atoms with Gasteiger partial charge in [0.15, 0.2) is 0 Å². The van der Waals surface area contributed by atoms with Gasteiger partial charge in [0.05, 0.1) is 12.7 Å². The highest BCUT2D eigenvalue weighted by Gasteiger charge is 2.37. The number of aliphatic hydroxyl groups excluding tert-OH is 3. The lowest BCUT2D eigenvalue weighted by Gasteiger charge is -2.36. The predicted octanol–water partition coefficient (Wildman–Crippen LogP) is 2.73. The molecular weight excluding hydrogens is 370 g/mol. The number of benzene rings is 1. The Bertz CT molecular complexity index is 663. The molecule has 6 heteroatoms. The smallest absolute Gasteiger partial charge is 0.202 e. The maximum absolute atomic E-state index is 10.1. The van der Waals surface area contributed by atoms with Crippen LogP contribution in [-0.2, 0) is 4.74 Å². The van der Waals surface area contributed by atoms with Crippen LogP contribution in [-0.4, -0.2) is 71.6 Å². The molecule has 1 aliphatic rings. The molecule has 1 aromatic rings. The van der Waals surface area contributed by atoms with Crippen molar-refractivity contribution in [1.29, 1.82) is 0 Å². The lowest BCUT2D eigenvalue weighted by atomic mass is 9.95. The molecule has 0 amide bonds. The van der Waals surface area contributed by atoms with Gasteiger partial charge in [0, 0.05) is 18.5 Å². The molecule has 0 aliphatic carbocycles. The molecule has 0 radical (unpaired) electrons. The van der Waals surface area contributed by atoms with Gasteiger partial charge in [-0.2, -0.15) is 0 Å². The van der Waals surface area contributed by atoms with Crippen LogP contribution in [0.25, 0.3) is 5.57 Å². The molecule has 0 spiro atoms. The molecule has 29 heavy (non-hydrogen) atoms. The standard InChI is InChI=1S/C23H37NO5/c1-5-7-10-17(12-13-24(4)6-2)22-16(3)9-8-11-19(22)28-21-14-18(26)23(27)20(15-25)29-21/h8-11,18,20-21,23,25-27H,5-7,12-15H2,1-4H3/b17-10-/t18-,20-,21-,23+/m1/s1. The predicted molar refractivity (Wildman–Crippen MR) is 115 cm³/mol. The number of aryl methyl sites for hydroxylation is 1. The first kappa shape index (κ1) is 23.8. The summed E-state index contributed by atoms with van der Waals surface area (Å²) >= 11 is 0. The molecular formula is C23H37NO5. The fourth-order valence-corrected chi connectivity index (χ4v) is 3.55. The minimum absolute atomic E-state index is 0.150. The van der Waals surface area contributed by atoms with Crippen LogP contribution >= 0.6 is 0 Å². The van der Waals surface area contributed by atoms with E-state index in [9.17, 15) is 15.3 Å². The lowest BCUT2D eigenvalue weighted by Crippen LogP contribution is -2.51. The third-order valence-electron chi connectivity index (χ3n) is 5.51. The monoisotopic (exact) mass is 407 g/mol. The zero-order valence-corrected chi connectivity index (χ0v) is 18.2. The summed E-state index contributed by atoms with van der Waals surface area (Å²) in [6, 6.07) is 5.93. The van der Waals surface area contributed by atoms with Crippen LogP contribution in [0.3, 0.4) is 0 Å². The van der Waals surface area contributed by atoms with Crippen molar-refractivity contribution in [1.82, 2.24) is 4.90 Å². The molecule has 0 aromatic heterocycles. The summed E-state index contributed by atoms with van der Waals surface area (Å²) < 4.78 is 11.8. The van der Waals surface area contributed by atoms with E-state index in [1.165, 1.54) is 5.57 Å². The molecule has 4 atom stereocenters. The average molecular weight is 408 g/mol. The Kier molecular flexibility index (Phi) is 9.59. The van der Waals surface area contributed by atoms with Crippen molar-refractivity contribution in [2.75, 3.05) is 26.7 Å². The average Bonchev–Trinajstić information content (AvgIpc) is 2.71. The summed E-state index contributed by atoms with van der Waals surface area (Å²) in [5, 5.41) is 29.5. The number of aliphatic hydroxyl groups is 3. The highest BCUT2D eigenvalue weighted by atomic mass is 16.7. The van der Waals surface area contributed by atoms with Gasteiger partial charge in [-0.3, -0.25) is 0 Å². The van der Waals surface area contributed by atoms with Crippen LogP contribution in [0.4, 0.5) is 0 Å². The van der Waals surface area contributed by atoms with E-state index in [4.69, 9.17) is 9.47 Å². The summed E-state index contributed by atoms with van der Waals surface area (Å²) in [6.45, 7) is 7.97. The number of hydrogen-bond acceptors (Lipinski definition) is 6. The Hall–Kier alpha value is -1.44. The van der Waals surface area contributed by atoms with Crippen molar-refractivity contribution < 1.29 is 24.8 Å². The molecule has 164 valence electrons. The van der Waals surface area contributed by atoms with Crippen molar-refractivity contribution in [3.8, 4) is 5.75 Å². The number of unbranched alkanes of at least 4 members (excludes halogenated alkanes) is 1. The van der Waals surface area contributed by atoms with Crippen molar-refractivity contribution in [2.24, 2.45) is 0 Å². The summed E-state index contributed by atoms with van der Waals surface area (Å²) in [4.78, 5) is 2.28. The molecule has 1 heterocycles. The second-order valence-corrected chi connectivity index (χ2v) is 7.81. The van der Waals surface area contributed by atoms with Crippen LogP contribution < -0.4 is 4.74 Å². The van der Waals surface area contributed by atoms with Crippen LogP contribution in [0.1, 0.15) is 50.7 Å². The lowest BCUT2D eigenvalue weighted by molar-refractivity contribution is -0.230. The van der Waals surface area contributed by atoms with Gasteiger partial charge in [-0.25, -0.2) is 0 Å². The molecule has 0 saturated carbocycles. The largest absolute Gasteiger partial charge is 0.464 e. The van der Waals surface area contributed by atoms with Crippen molar-refractivity contribution in [3.63, 3.8) is 0 Å². The van der Waals surface area contributed by atoms with E-state index in [0.29, 0.717) is 5.75 Å². The Morgan fingerprint density at radius 1 is 1.31 bits per heavy atom. The number of ether oxygens (including phenoxy) is 2. The summed E-state index contributed by atoms with van der Waals surface area (Å²) in [6.07, 6.45) is 1.74. The zero-order chi connectivity index (χ0) is 21.4. The topological polar surface area (TPSA) is 82.4 Å². The Labute approximate surface area is 174 Å². The Morgan fingerprint density at radius 2 is 2.07 bits per heavy atom. The van der Waals surface area contributed by atoms with Gasteiger partial charge < -0.3 is 29.7 Å². The normalized spacial score (nSPS) is 25.4. The molecule has 1 fully saturated rings. The van der Waals surface area contributed by atoms with Gasteiger partial charge >= 0.3 is 0 Å². The number of rotatable bonds is 10. The zero-order valence-electron chi connectivity index (χ0n) is 18.2.